The molecule has 2 aromatic rings. The highest BCUT2D eigenvalue weighted by atomic mass is 19.4. The van der Waals surface area contributed by atoms with Gasteiger partial charge in [-0.05, 0) is 70.0 Å². The summed E-state index contributed by atoms with van der Waals surface area (Å²) in [7, 11) is 0. The van der Waals surface area contributed by atoms with Gasteiger partial charge in [0, 0.05) is 36.6 Å². The van der Waals surface area contributed by atoms with Crippen molar-refractivity contribution >= 4 is 17.5 Å². The molecule has 0 atom stereocenters. The highest BCUT2D eigenvalue weighted by Gasteiger charge is 2.33. The van der Waals surface area contributed by atoms with Gasteiger partial charge in [-0.15, -0.1) is 0 Å². The largest absolute Gasteiger partial charge is 0.454 e. The minimum atomic E-state index is -4.40. The van der Waals surface area contributed by atoms with E-state index in [-0.39, 0.29) is 18.9 Å². The van der Waals surface area contributed by atoms with Gasteiger partial charge in [0.05, 0.1) is 5.56 Å². The maximum absolute atomic E-state index is 13.1. The molecule has 0 aromatic heterocycles. The second kappa shape index (κ2) is 8.68. The molecule has 6 nitrogen and oxygen atoms in total. The van der Waals surface area contributed by atoms with E-state index in [0.29, 0.717) is 43.1 Å². The van der Waals surface area contributed by atoms with E-state index in [4.69, 9.17) is 14.2 Å². The van der Waals surface area contributed by atoms with Crippen LogP contribution in [0.15, 0.2) is 42.5 Å². The van der Waals surface area contributed by atoms with Gasteiger partial charge in [-0.3, -0.25) is 0 Å². The maximum atomic E-state index is 13.1. The lowest BCUT2D eigenvalue weighted by Gasteiger charge is -2.40. The zero-order valence-corrected chi connectivity index (χ0v) is 18.8. The van der Waals surface area contributed by atoms with Gasteiger partial charge in [-0.2, -0.15) is 13.2 Å². The lowest BCUT2D eigenvalue weighted by molar-refractivity contribution is -0.137. The summed E-state index contributed by atoms with van der Waals surface area (Å²) >= 11 is 0. The Labute approximate surface area is 190 Å². The molecule has 2 aromatic carbocycles. The topological polar surface area (TPSA) is 51.2 Å². The standard InChI is InChI=1S/C24H27F3N2O4/c1-23(2,3)33-22(30)28-12-10-18(11-13-28)29(17-6-4-16(5-7-17)24(25,26)27)19-8-9-20-21(14-19)32-15-31-20/h4-9,14,18H,10-13,15H2,1-3H3. The lowest BCUT2D eigenvalue weighted by Crippen LogP contribution is -2.47. The summed E-state index contributed by atoms with van der Waals surface area (Å²) in [6, 6.07) is 10.6. The molecule has 178 valence electrons. The van der Waals surface area contributed by atoms with E-state index >= 15 is 0 Å². The van der Waals surface area contributed by atoms with E-state index in [2.05, 4.69) is 0 Å². The van der Waals surface area contributed by atoms with Crippen LogP contribution in [0.3, 0.4) is 0 Å². The van der Waals surface area contributed by atoms with Crippen molar-refractivity contribution in [1.82, 2.24) is 4.90 Å². The number of piperidine rings is 1. The molecular formula is C24H27F3N2O4. The maximum Gasteiger partial charge on any atom is 0.416 e. The predicted molar refractivity (Wildman–Crippen MR) is 117 cm³/mol. The van der Waals surface area contributed by atoms with E-state index in [1.165, 1.54) is 12.1 Å². The zero-order valence-electron chi connectivity index (χ0n) is 18.8. The third kappa shape index (κ3) is 5.29. The Morgan fingerprint density at radius 2 is 1.58 bits per heavy atom. The summed E-state index contributed by atoms with van der Waals surface area (Å²) in [4.78, 5) is 16.1. The Morgan fingerprint density at radius 1 is 0.970 bits per heavy atom. The molecule has 0 unspecified atom stereocenters. The summed E-state index contributed by atoms with van der Waals surface area (Å²) in [5.41, 5.74) is 0.149. The quantitative estimate of drug-likeness (QED) is 0.560. The van der Waals surface area contributed by atoms with Gasteiger partial charge in [0.1, 0.15) is 5.60 Å². The fraction of sp³-hybridized carbons (Fsp3) is 0.458. The number of anilines is 2. The number of fused-ring (bicyclic) bond motifs is 1. The first kappa shape index (κ1) is 23.1. The number of nitrogens with zero attached hydrogens (tertiary/aromatic N) is 2. The first-order valence-corrected chi connectivity index (χ1v) is 10.9. The fourth-order valence-corrected chi connectivity index (χ4v) is 4.05. The zero-order chi connectivity index (χ0) is 23.8. The predicted octanol–water partition coefficient (Wildman–Crippen LogP) is 5.97. The van der Waals surface area contributed by atoms with Gasteiger partial charge in [0.15, 0.2) is 11.5 Å². The van der Waals surface area contributed by atoms with E-state index in [1.54, 1.807) is 11.0 Å². The molecule has 2 aliphatic rings. The van der Waals surface area contributed by atoms with Crippen molar-refractivity contribution in [2.75, 3.05) is 24.8 Å². The van der Waals surface area contributed by atoms with Crippen LogP contribution in [0.2, 0.25) is 0 Å². The number of rotatable bonds is 3. The number of halogens is 3. The van der Waals surface area contributed by atoms with E-state index < -0.39 is 17.3 Å². The number of likely N-dealkylation sites (tertiary alicyclic amines) is 1. The highest BCUT2D eigenvalue weighted by Crippen LogP contribution is 2.40. The van der Waals surface area contributed by atoms with Gasteiger partial charge in [-0.1, -0.05) is 0 Å². The highest BCUT2D eigenvalue weighted by molar-refractivity contribution is 5.70. The monoisotopic (exact) mass is 464 g/mol. The number of hydrogen-bond donors (Lipinski definition) is 0. The molecule has 2 heterocycles. The van der Waals surface area contributed by atoms with Crippen LogP contribution in [-0.4, -0.2) is 42.5 Å². The molecule has 1 saturated heterocycles. The Kier molecular flexibility index (Phi) is 6.07. The summed E-state index contributed by atoms with van der Waals surface area (Å²) in [6.45, 7) is 6.58. The third-order valence-electron chi connectivity index (χ3n) is 5.59. The Balaban J connectivity index is 1.58. The lowest BCUT2D eigenvalue weighted by atomic mass is 10.0. The number of amides is 1. The van der Waals surface area contributed by atoms with Crippen LogP contribution in [-0.2, 0) is 10.9 Å². The van der Waals surface area contributed by atoms with Crippen LogP contribution in [0, 0.1) is 0 Å². The molecule has 9 heteroatoms. The fourth-order valence-electron chi connectivity index (χ4n) is 4.05. The minimum absolute atomic E-state index is 0.0270. The third-order valence-corrected chi connectivity index (χ3v) is 5.59. The van der Waals surface area contributed by atoms with Gasteiger partial charge < -0.3 is 24.0 Å². The average Bonchev–Trinajstić information content (AvgIpc) is 3.21. The summed E-state index contributed by atoms with van der Waals surface area (Å²) in [6.07, 6.45) is -3.49. The van der Waals surface area contributed by atoms with Crippen LogP contribution in [0.5, 0.6) is 11.5 Å². The van der Waals surface area contributed by atoms with E-state index in [0.717, 1.165) is 17.8 Å². The smallest absolute Gasteiger partial charge is 0.416 e. The normalized spacial score (nSPS) is 16.6. The minimum Gasteiger partial charge on any atom is -0.454 e. The first-order chi connectivity index (χ1) is 15.5. The van der Waals surface area contributed by atoms with Gasteiger partial charge in [0.2, 0.25) is 6.79 Å². The molecule has 0 N–H and O–H groups in total. The number of alkyl halides is 3. The summed E-state index contributed by atoms with van der Waals surface area (Å²) < 4.78 is 55.6. The molecule has 2 aliphatic heterocycles. The van der Waals surface area contributed by atoms with Crippen molar-refractivity contribution in [3.8, 4) is 11.5 Å². The van der Waals surface area contributed by atoms with Crippen LogP contribution >= 0.6 is 0 Å². The molecule has 0 spiro atoms. The molecule has 4 rings (SSSR count). The average molecular weight is 464 g/mol. The molecule has 0 bridgehead atoms. The van der Waals surface area contributed by atoms with Crippen molar-refractivity contribution in [1.29, 1.82) is 0 Å². The van der Waals surface area contributed by atoms with Gasteiger partial charge >= 0.3 is 12.3 Å². The van der Waals surface area contributed by atoms with E-state index in [1.807, 2.05) is 37.8 Å². The Morgan fingerprint density at radius 3 is 2.18 bits per heavy atom. The molecule has 0 saturated carbocycles. The molecule has 33 heavy (non-hydrogen) atoms. The number of carbonyl (C=O) groups excluding carboxylic acids is 1. The number of hydrogen-bond acceptors (Lipinski definition) is 5. The molecular weight excluding hydrogens is 437 g/mol. The van der Waals surface area contributed by atoms with Crippen LogP contribution in [0.25, 0.3) is 0 Å². The SMILES string of the molecule is CC(C)(C)OC(=O)N1CCC(N(c2ccc(C(F)(F)F)cc2)c2ccc3c(c2)OCO3)CC1. The molecule has 0 radical (unpaired) electrons. The number of ether oxygens (including phenoxy) is 3. The molecule has 1 fully saturated rings. The van der Waals surface area contributed by atoms with Gasteiger partial charge in [0.25, 0.3) is 0 Å². The second-order valence-corrected chi connectivity index (χ2v) is 9.15. The first-order valence-electron chi connectivity index (χ1n) is 10.9. The molecule has 1 amide bonds. The Bertz CT molecular complexity index is 994. The van der Waals surface area contributed by atoms with Crippen molar-refractivity contribution in [2.45, 2.75) is 51.4 Å². The number of carbonyl (C=O) groups is 1. The van der Waals surface area contributed by atoms with Gasteiger partial charge in [-0.25, -0.2) is 4.79 Å². The Hall–Kier alpha value is -3.10. The summed E-state index contributed by atoms with van der Waals surface area (Å²) in [5, 5.41) is 0. The van der Waals surface area contributed by atoms with E-state index in [9.17, 15) is 18.0 Å². The number of benzene rings is 2. The van der Waals surface area contributed by atoms with Crippen LogP contribution < -0.4 is 14.4 Å². The van der Waals surface area contributed by atoms with Crippen molar-refractivity contribution in [2.24, 2.45) is 0 Å². The van der Waals surface area contributed by atoms with Crippen LogP contribution in [0.1, 0.15) is 39.2 Å². The van der Waals surface area contributed by atoms with Crippen LogP contribution in [0.4, 0.5) is 29.3 Å². The van der Waals surface area contributed by atoms with Crippen molar-refractivity contribution < 1.29 is 32.2 Å². The second-order valence-electron chi connectivity index (χ2n) is 9.15. The summed E-state index contributed by atoms with van der Waals surface area (Å²) in [5.74, 6) is 1.22. The van der Waals surface area contributed by atoms with Crippen molar-refractivity contribution in [3.63, 3.8) is 0 Å². The molecule has 0 aliphatic carbocycles. The van der Waals surface area contributed by atoms with Crippen molar-refractivity contribution in [3.05, 3.63) is 48.0 Å².